The van der Waals surface area contributed by atoms with Crippen LogP contribution in [0.3, 0.4) is 0 Å². The molecule has 1 atom stereocenters. The highest BCUT2D eigenvalue weighted by atomic mass is 32.1. The number of hydrogen-bond acceptors (Lipinski definition) is 2. The Hall–Kier alpha value is -1.16. The number of thiocarbonyl (C=S) groups is 1. The van der Waals surface area contributed by atoms with Crippen molar-refractivity contribution in [1.29, 1.82) is 0 Å². The molecule has 2 nitrogen and oxygen atoms in total. The molecule has 0 bridgehead atoms. The molecular formula is C13H19FN2S. The first-order valence-corrected chi connectivity index (χ1v) is 5.98. The fourth-order valence-electron chi connectivity index (χ4n) is 1.30. The maximum atomic E-state index is 13.1. The molecule has 1 unspecified atom stereocenters. The van der Waals surface area contributed by atoms with Crippen molar-refractivity contribution in [3.63, 3.8) is 0 Å². The summed E-state index contributed by atoms with van der Waals surface area (Å²) < 4.78 is 13.1. The predicted molar refractivity (Wildman–Crippen MR) is 74.8 cm³/mol. The van der Waals surface area contributed by atoms with Gasteiger partial charge in [0.05, 0.1) is 0 Å². The van der Waals surface area contributed by atoms with Gasteiger partial charge in [-0.25, -0.2) is 4.39 Å². The first kappa shape index (κ1) is 13.9. The molecule has 0 saturated heterocycles. The monoisotopic (exact) mass is 254 g/mol. The lowest BCUT2D eigenvalue weighted by Crippen LogP contribution is -2.31. The molecule has 0 spiro atoms. The molecule has 0 fully saturated rings. The van der Waals surface area contributed by atoms with E-state index in [0.717, 1.165) is 5.69 Å². The van der Waals surface area contributed by atoms with Crippen molar-refractivity contribution < 1.29 is 4.39 Å². The van der Waals surface area contributed by atoms with Crippen molar-refractivity contribution in [3.05, 3.63) is 29.6 Å². The fraction of sp³-hybridized carbons (Fsp3) is 0.462. The SMILES string of the molecule is CC(Nc1ccc(F)cc1C(N)=S)C(C)(C)C. The summed E-state index contributed by atoms with van der Waals surface area (Å²) in [5.74, 6) is -0.332. The third-order valence-electron chi connectivity index (χ3n) is 2.92. The Kier molecular flexibility index (Phi) is 4.09. The van der Waals surface area contributed by atoms with Crippen molar-refractivity contribution in [1.82, 2.24) is 0 Å². The quantitative estimate of drug-likeness (QED) is 0.813. The van der Waals surface area contributed by atoms with E-state index in [1.165, 1.54) is 12.1 Å². The van der Waals surface area contributed by atoms with Gasteiger partial charge in [-0.1, -0.05) is 33.0 Å². The Balaban J connectivity index is 3.03. The van der Waals surface area contributed by atoms with Crippen LogP contribution in [0.5, 0.6) is 0 Å². The van der Waals surface area contributed by atoms with E-state index in [1.54, 1.807) is 6.07 Å². The highest BCUT2D eigenvalue weighted by molar-refractivity contribution is 7.80. The van der Waals surface area contributed by atoms with Crippen LogP contribution in [0.4, 0.5) is 10.1 Å². The van der Waals surface area contributed by atoms with Gasteiger partial charge >= 0.3 is 0 Å². The van der Waals surface area contributed by atoms with Gasteiger partial charge in [0, 0.05) is 17.3 Å². The van der Waals surface area contributed by atoms with Crippen molar-refractivity contribution in [2.75, 3.05) is 5.32 Å². The standard InChI is InChI=1S/C13H19FN2S/c1-8(13(2,3)4)16-11-6-5-9(14)7-10(11)12(15)17/h5-8,16H,1-4H3,(H2,15,17). The van der Waals surface area contributed by atoms with Crippen LogP contribution in [-0.2, 0) is 0 Å². The van der Waals surface area contributed by atoms with Crippen molar-refractivity contribution >= 4 is 22.9 Å². The van der Waals surface area contributed by atoms with E-state index < -0.39 is 0 Å². The number of rotatable bonds is 3. The van der Waals surface area contributed by atoms with Gasteiger partial charge in [-0.15, -0.1) is 0 Å². The number of halogens is 1. The molecule has 1 rings (SSSR count). The van der Waals surface area contributed by atoms with Crippen LogP contribution in [0.1, 0.15) is 33.3 Å². The highest BCUT2D eigenvalue weighted by Crippen LogP contribution is 2.25. The molecule has 0 aliphatic rings. The fourth-order valence-corrected chi connectivity index (χ4v) is 1.46. The lowest BCUT2D eigenvalue weighted by atomic mass is 9.88. The van der Waals surface area contributed by atoms with Crippen LogP contribution < -0.4 is 11.1 Å². The van der Waals surface area contributed by atoms with Crippen LogP contribution in [0, 0.1) is 11.2 Å². The minimum Gasteiger partial charge on any atom is -0.389 e. The highest BCUT2D eigenvalue weighted by Gasteiger charge is 2.20. The number of anilines is 1. The average Bonchev–Trinajstić information content (AvgIpc) is 2.18. The van der Waals surface area contributed by atoms with Gasteiger partial charge < -0.3 is 11.1 Å². The Morgan fingerprint density at radius 1 is 1.41 bits per heavy atom. The minimum atomic E-state index is -0.332. The van der Waals surface area contributed by atoms with Crippen LogP contribution in [0.2, 0.25) is 0 Å². The molecule has 0 amide bonds. The molecule has 0 saturated carbocycles. The third kappa shape index (κ3) is 3.66. The normalized spacial score (nSPS) is 13.2. The van der Waals surface area contributed by atoms with Crippen LogP contribution in [0.25, 0.3) is 0 Å². The molecule has 94 valence electrons. The number of nitrogens with two attached hydrogens (primary N) is 1. The summed E-state index contributed by atoms with van der Waals surface area (Å²) in [7, 11) is 0. The van der Waals surface area contributed by atoms with Crippen molar-refractivity contribution in [2.24, 2.45) is 11.1 Å². The van der Waals surface area contributed by atoms with Gasteiger partial charge in [0.2, 0.25) is 0 Å². The first-order chi connectivity index (χ1) is 7.71. The van der Waals surface area contributed by atoms with E-state index in [0.29, 0.717) is 5.56 Å². The molecule has 0 aliphatic carbocycles. The molecule has 17 heavy (non-hydrogen) atoms. The number of hydrogen-bond donors (Lipinski definition) is 2. The maximum Gasteiger partial charge on any atom is 0.124 e. The van der Waals surface area contributed by atoms with Gasteiger partial charge in [0.1, 0.15) is 10.8 Å². The van der Waals surface area contributed by atoms with Crippen LogP contribution in [0.15, 0.2) is 18.2 Å². The van der Waals surface area contributed by atoms with Crippen LogP contribution >= 0.6 is 12.2 Å². The molecule has 1 aromatic carbocycles. The molecule has 1 aromatic rings. The van der Waals surface area contributed by atoms with Gasteiger partial charge in [-0.05, 0) is 30.5 Å². The first-order valence-electron chi connectivity index (χ1n) is 5.57. The summed E-state index contributed by atoms with van der Waals surface area (Å²) in [5.41, 5.74) is 7.02. The maximum absolute atomic E-state index is 13.1. The van der Waals surface area contributed by atoms with Gasteiger partial charge in [-0.2, -0.15) is 0 Å². The smallest absolute Gasteiger partial charge is 0.124 e. The Morgan fingerprint density at radius 3 is 2.47 bits per heavy atom. The summed E-state index contributed by atoms with van der Waals surface area (Å²) in [6.45, 7) is 8.48. The summed E-state index contributed by atoms with van der Waals surface area (Å²) in [4.78, 5) is 0.202. The van der Waals surface area contributed by atoms with E-state index in [4.69, 9.17) is 18.0 Å². The molecule has 0 radical (unpaired) electrons. The third-order valence-corrected chi connectivity index (χ3v) is 3.14. The molecule has 0 aliphatic heterocycles. The molecule has 0 heterocycles. The predicted octanol–water partition coefficient (Wildman–Crippen LogP) is 3.31. The topological polar surface area (TPSA) is 38.0 Å². The Bertz CT molecular complexity index is 424. The summed E-state index contributed by atoms with van der Waals surface area (Å²) in [5, 5.41) is 3.32. The second-order valence-electron chi connectivity index (χ2n) is 5.29. The van der Waals surface area contributed by atoms with Gasteiger partial charge in [-0.3, -0.25) is 0 Å². The van der Waals surface area contributed by atoms with Crippen molar-refractivity contribution in [2.45, 2.75) is 33.7 Å². The number of benzene rings is 1. The summed E-state index contributed by atoms with van der Waals surface area (Å²) >= 11 is 4.93. The van der Waals surface area contributed by atoms with Crippen LogP contribution in [-0.4, -0.2) is 11.0 Å². The van der Waals surface area contributed by atoms with Crippen molar-refractivity contribution in [3.8, 4) is 0 Å². The van der Waals surface area contributed by atoms with E-state index in [9.17, 15) is 4.39 Å². The van der Waals surface area contributed by atoms with E-state index in [1.807, 2.05) is 0 Å². The second-order valence-corrected chi connectivity index (χ2v) is 5.73. The average molecular weight is 254 g/mol. The largest absolute Gasteiger partial charge is 0.389 e. The van der Waals surface area contributed by atoms with E-state index >= 15 is 0 Å². The molecule has 4 heteroatoms. The Morgan fingerprint density at radius 2 is 2.00 bits per heavy atom. The molecule has 3 N–H and O–H groups in total. The van der Waals surface area contributed by atoms with E-state index in [2.05, 4.69) is 33.0 Å². The molecular weight excluding hydrogens is 235 g/mol. The van der Waals surface area contributed by atoms with E-state index in [-0.39, 0.29) is 22.3 Å². The molecule has 0 aromatic heterocycles. The zero-order valence-electron chi connectivity index (χ0n) is 10.7. The number of nitrogens with one attached hydrogen (secondary N) is 1. The van der Waals surface area contributed by atoms with Gasteiger partial charge in [0.25, 0.3) is 0 Å². The van der Waals surface area contributed by atoms with Gasteiger partial charge in [0.15, 0.2) is 0 Å². The summed E-state index contributed by atoms with van der Waals surface area (Å²) in [6, 6.07) is 4.66. The zero-order valence-corrected chi connectivity index (χ0v) is 11.5. The lowest BCUT2D eigenvalue weighted by molar-refractivity contribution is 0.359. The second kappa shape index (κ2) is 5.00. The minimum absolute atomic E-state index is 0.0991. The summed E-state index contributed by atoms with van der Waals surface area (Å²) in [6.07, 6.45) is 0. The zero-order chi connectivity index (χ0) is 13.2. The Labute approximate surface area is 107 Å². The lowest BCUT2D eigenvalue weighted by Gasteiger charge is -2.29.